The minimum atomic E-state index is -1.86. The summed E-state index contributed by atoms with van der Waals surface area (Å²) in [7, 11) is 0. The summed E-state index contributed by atoms with van der Waals surface area (Å²) in [5, 5.41) is 12.9. The van der Waals surface area contributed by atoms with Crippen molar-refractivity contribution in [2.45, 2.75) is 165 Å². The molecule has 4 rings (SSSR count). The quantitative estimate of drug-likeness (QED) is 0.0115. The lowest BCUT2D eigenvalue weighted by Gasteiger charge is -2.38. The van der Waals surface area contributed by atoms with Crippen molar-refractivity contribution in [3.05, 3.63) is 65.2 Å². The van der Waals surface area contributed by atoms with Gasteiger partial charge in [-0.3, -0.25) is 43.3 Å². The van der Waals surface area contributed by atoms with Crippen LogP contribution >= 0.6 is 12.6 Å². The number of aliphatic imine (C=N–C) groups is 1. The second-order valence-electron chi connectivity index (χ2n) is 20.8. The maximum Gasteiger partial charge on any atom is 0.344 e. The van der Waals surface area contributed by atoms with Crippen LogP contribution in [0.4, 0.5) is 0 Å². The maximum absolute atomic E-state index is 15.2. The normalized spacial score (nSPS) is 19.0. The Balaban J connectivity index is 1.64. The van der Waals surface area contributed by atoms with Gasteiger partial charge in [0.05, 0.1) is 32.2 Å². The van der Waals surface area contributed by atoms with E-state index in [1.165, 1.54) is 0 Å². The minimum absolute atomic E-state index is 0.0164. The molecular weight excluding hydrogens is 1040 g/mol. The molecular formula is C54H82N13O11S+. The van der Waals surface area contributed by atoms with Gasteiger partial charge < -0.3 is 65.7 Å². The van der Waals surface area contributed by atoms with E-state index in [9.17, 15) is 43.2 Å². The summed E-state index contributed by atoms with van der Waals surface area (Å²) in [6.45, 7) is 6.15. The number of amides is 9. The highest BCUT2D eigenvalue weighted by Crippen LogP contribution is 2.38. The van der Waals surface area contributed by atoms with Gasteiger partial charge in [-0.2, -0.15) is 17.1 Å². The number of ketones is 1. The van der Waals surface area contributed by atoms with E-state index < -0.39 is 124 Å². The molecule has 0 spiro atoms. The van der Waals surface area contributed by atoms with Gasteiger partial charge in [-0.1, -0.05) is 76.4 Å². The molecule has 1 heterocycles. The number of benzene rings is 2. The number of imide groups is 1. The molecule has 8 atom stereocenters. The number of thiol groups is 1. The van der Waals surface area contributed by atoms with Crippen LogP contribution in [0.3, 0.4) is 0 Å². The lowest BCUT2D eigenvalue weighted by Crippen LogP contribution is -2.72. The number of ether oxygens (including phenoxy) is 1. The lowest BCUT2D eigenvalue weighted by molar-refractivity contribution is -0.783. The van der Waals surface area contributed by atoms with E-state index >= 15 is 4.79 Å². The summed E-state index contributed by atoms with van der Waals surface area (Å²) in [4.78, 5) is 143. The Kier molecular flexibility index (Phi) is 24.9. The molecule has 2 aliphatic rings. The number of nitrogens with two attached hydrogens (primary N) is 6. The third-order valence-electron chi connectivity index (χ3n) is 14.3. The zero-order valence-electron chi connectivity index (χ0n) is 45.8. The molecule has 79 heavy (non-hydrogen) atoms. The number of Topliss-reactive ketones (excluding diaryl/α,β-unsaturated/α-hetero) is 1. The number of hydrogen-bond acceptors (Lipinski definition) is 15. The van der Waals surface area contributed by atoms with Crippen molar-refractivity contribution >= 4 is 77.5 Å². The molecule has 434 valence electrons. The Labute approximate surface area is 466 Å². The molecule has 0 radical (unpaired) electrons. The van der Waals surface area contributed by atoms with Crippen LogP contribution in [0.2, 0.25) is 0 Å². The topological polar surface area (TPSA) is 409 Å². The SMILES string of the molecule is CCOc1ccc(C[C@H](N)C(=O)N[C@@H](Cc2ccccc2)C(=O)N[C@H](C(=O)N[C@@H](CC(N)=O)C(=O)[N+]2(C(=O)C(N)CC)CCC[C@H]2C(=O)N[C@@H](CCCN=C(N)N)C(=O)NCC(N)=O)C(C)C)c(C(=O)CC2(S)CCCCC2)c1. The Morgan fingerprint density at radius 1 is 0.747 bits per heavy atom. The molecule has 24 nitrogen and oxygen atoms in total. The number of primary amides is 2. The molecule has 2 aromatic rings. The van der Waals surface area contributed by atoms with Crippen LogP contribution in [0.5, 0.6) is 5.75 Å². The van der Waals surface area contributed by atoms with Gasteiger partial charge >= 0.3 is 11.8 Å². The molecule has 1 aliphatic heterocycles. The first-order valence-electron chi connectivity index (χ1n) is 27.0. The van der Waals surface area contributed by atoms with E-state index in [4.69, 9.17) is 51.8 Å². The Hall–Kier alpha value is -6.96. The van der Waals surface area contributed by atoms with Gasteiger partial charge in [0.2, 0.25) is 35.4 Å². The smallest absolute Gasteiger partial charge is 0.344 e. The maximum atomic E-state index is 15.2. The van der Waals surface area contributed by atoms with Crippen molar-refractivity contribution < 1.29 is 57.2 Å². The Morgan fingerprint density at radius 2 is 1.42 bits per heavy atom. The summed E-state index contributed by atoms with van der Waals surface area (Å²) in [5.74, 6) is -8.85. The summed E-state index contributed by atoms with van der Waals surface area (Å²) in [6, 6.07) is 3.65. The number of rotatable bonds is 30. The van der Waals surface area contributed by atoms with Gasteiger partial charge in [0.15, 0.2) is 23.8 Å². The number of nitrogens with one attached hydrogen (secondary N) is 5. The van der Waals surface area contributed by atoms with E-state index in [0.717, 1.165) is 32.1 Å². The predicted octanol–water partition coefficient (Wildman–Crippen LogP) is -0.701. The zero-order chi connectivity index (χ0) is 58.6. The molecule has 2 aromatic carbocycles. The van der Waals surface area contributed by atoms with Crippen molar-refractivity contribution in [2.24, 2.45) is 45.3 Å². The van der Waals surface area contributed by atoms with Crippen LogP contribution in [-0.4, -0.2) is 143 Å². The van der Waals surface area contributed by atoms with Crippen molar-refractivity contribution in [3.8, 4) is 5.75 Å². The highest BCUT2D eigenvalue weighted by atomic mass is 32.1. The summed E-state index contributed by atoms with van der Waals surface area (Å²) < 4.78 is 3.98. The second kappa shape index (κ2) is 30.4. The molecule has 2 fully saturated rings. The molecule has 0 aromatic heterocycles. The van der Waals surface area contributed by atoms with Crippen LogP contribution in [-0.2, 0) is 56.0 Å². The first-order chi connectivity index (χ1) is 37.4. The molecule has 1 aliphatic carbocycles. The van der Waals surface area contributed by atoms with Crippen LogP contribution in [0.1, 0.15) is 126 Å². The van der Waals surface area contributed by atoms with E-state index in [0.29, 0.717) is 29.0 Å². The molecule has 25 heteroatoms. The van der Waals surface area contributed by atoms with Crippen LogP contribution < -0.4 is 65.7 Å². The second-order valence-corrected chi connectivity index (χ2v) is 21.7. The predicted molar refractivity (Wildman–Crippen MR) is 298 cm³/mol. The number of likely N-dealkylation sites (tertiary alicyclic amines) is 1. The van der Waals surface area contributed by atoms with Crippen molar-refractivity contribution in [2.75, 3.05) is 26.2 Å². The van der Waals surface area contributed by atoms with Crippen molar-refractivity contribution in [3.63, 3.8) is 0 Å². The fraction of sp³-hybridized carbons (Fsp3) is 0.574. The number of nitrogens with zero attached hydrogens (tertiary/aromatic N) is 2. The third kappa shape index (κ3) is 18.6. The molecule has 1 saturated carbocycles. The van der Waals surface area contributed by atoms with Crippen molar-refractivity contribution in [1.29, 1.82) is 0 Å². The van der Waals surface area contributed by atoms with E-state index in [1.54, 1.807) is 69.3 Å². The van der Waals surface area contributed by atoms with Gasteiger partial charge in [0.25, 0.3) is 5.91 Å². The minimum Gasteiger partial charge on any atom is -0.494 e. The molecule has 17 N–H and O–H groups in total. The summed E-state index contributed by atoms with van der Waals surface area (Å²) in [5.41, 5.74) is 36.2. The Morgan fingerprint density at radius 3 is 2.03 bits per heavy atom. The molecule has 0 bridgehead atoms. The van der Waals surface area contributed by atoms with Gasteiger partial charge in [-0.25, -0.2) is 9.59 Å². The monoisotopic (exact) mass is 1120 g/mol. The standard InChI is InChI=1S/C54H81N13O11S/c1-5-36(55)51(76)67(24-14-18-41(67)49(74)63-38(17-13-23-61-53(59)60)47(72)62-30-44(58)70)52(77)40(28-43(57)69)65-50(75)45(31(3)4)66-48(73)39(25-32-15-9-7-10-16-32)64-46(71)37(56)26-33-19-20-34(78-6-2)27-35(33)42(68)29-54(79)21-11-8-12-22-54/h7,9-10,15-16,19-20,27,31,36-41,45H,5-6,8,11-14,17-18,21-26,28-30,55-56H2,1-4H3,(H13-,57,58,59,60,61,62,63,64,65,66,69,70,71,72,73,74,75,79)/p+1/t36?,37-,38-,39-,40-,41-,45-,67?/m0/s1. The summed E-state index contributed by atoms with van der Waals surface area (Å²) in [6.07, 6.45) is 3.87. The first-order valence-corrected chi connectivity index (χ1v) is 27.4. The van der Waals surface area contributed by atoms with E-state index in [1.807, 2.05) is 6.92 Å². The van der Waals surface area contributed by atoms with E-state index in [-0.39, 0.29) is 76.2 Å². The Bertz CT molecular complexity index is 2540. The largest absolute Gasteiger partial charge is 0.494 e. The van der Waals surface area contributed by atoms with Crippen LogP contribution in [0, 0.1) is 5.92 Å². The van der Waals surface area contributed by atoms with E-state index in [2.05, 4.69) is 31.6 Å². The van der Waals surface area contributed by atoms with Crippen LogP contribution in [0.25, 0.3) is 0 Å². The molecule has 2 unspecified atom stereocenters. The highest BCUT2D eigenvalue weighted by molar-refractivity contribution is 7.81. The third-order valence-corrected chi connectivity index (χ3v) is 14.9. The fourth-order valence-electron chi connectivity index (χ4n) is 10.1. The highest BCUT2D eigenvalue weighted by Gasteiger charge is 2.60. The van der Waals surface area contributed by atoms with Gasteiger partial charge in [0.1, 0.15) is 29.9 Å². The number of quaternary nitrogens is 1. The van der Waals surface area contributed by atoms with Gasteiger partial charge in [-0.15, -0.1) is 0 Å². The van der Waals surface area contributed by atoms with Crippen molar-refractivity contribution in [1.82, 2.24) is 26.6 Å². The molecule has 1 saturated heterocycles. The zero-order valence-corrected chi connectivity index (χ0v) is 46.7. The average molecular weight is 1120 g/mol. The van der Waals surface area contributed by atoms with Gasteiger partial charge in [-0.05, 0) is 74.6 Å². The molecule has 9 amide bonds. The number of guanidine groups is 1. The number of hydrogen-bond donors (Lipinski definition) is 12. The fourth-order valence-corrected chi connectivity index (χ4v) is 10.6. The number of carbonyl (C=O) groups excluding carboxylic acids is 10. The first kappa shape index (κ1) is 64.6. The number of carbonyl (C=O) groups is 10. The summed E-state index contributed by atoms with van der Waals surface area (Å²) >= 11 is 4.92. The average Bonchev–Trinajstić information content (AvgIpc) is 3.93. The lowest BCUT2D eigenvalue weighted by atomic mass is 9.82. The van der Waals surface area contributed by atoms with Gasteiger partial charge in [0, 0.05) is 42.5 Å². The van der Waals surface area contributed by atoms with Crippen LogP contribution in [0.15, 0.2) is 53.5 Å².